The summed E-state index contributed by atoms with van der Waals surface area (Å²) in [5, 5.41) is 10.4. The van der Waals surface area contributed by atoms with E-state index in [0.29, 0.717) is 5.56 Å². The Bertz CT molecular complexity index is 1280. The van der Waals surface area contributed by atoms with Gasteiger partial charge in [-0.2, -0.15) is 8.42 Å². The molecule has 0 aliphatic rings. The molecule has 3 rings (SSSR count). The van der Waals surface area contributed by atoms with E-state index in [4.69, 9.17) is 45.3 Å². The van der Waals surface area contributed by atoms with E-state index in [1.54, 1.807) is 0 Å². The number of benzene rings is 2. The Morgan fingerprint density at radius 2 is 1.65 bits per heavy atom. The van der Waals surface area contributed by atoms with E-state index >= 15 is 0 Å². The molecule has 0 bridgehead atoms. The summed E-state index contributed by atoms with van der Waals surface area (Å²) in [5.74, 6) is -0.302. The first-order valence-corrected chi connectivity index (χ1v) is 10.8. The number of pyridine rings is 1. The van der Waals surface area contributed by atoms with Crippen molar-refractivity contribution >= 4 is 56.3 Å². The summed E-state index contributed by atoms with van der Waals surface area (Å²) in [7, 11) is -4.25. The Morgan fingerprint density at radius 3 is 2.19 bits per heavy atom. The van der Waals surface area contributed by atoms with Crippen LogP contribution in [-0.4, -0.2) is 24.2 Å². The van der Waals surface area contributed by atoms with Gasteiger partial charge in [0.05, 0.1) is 24.9 Å². The van der Waals surface area contributed by atoms with Gasteiger partial charge in [-0.25, -0.2) is 0 Å². The number of amidine groups is 1. The van der Waals surface area contributed by atoms with Crippen molar-refractivity contribution < 1.29 is 18.1 Å². The quantitative estimate of drug-likeness (QED) is 0.221. The molecule has 1 aromatic heterocycles. The zero-order chi connectivity index (χ0) is 22.8. The van der Waals surface area contributed by atoms with E-state index in [1.807, 2.05) is 0 Å². The van der Waals surface area contributed by atoms with Gasteiger partial charge >= 0.3 is 0 Å². The van der Waals surface area contributed by atoms with Gasteiger partial charge in [0.15, 0.2) is 5.75 Å². The van der Waals surface area contributed by atoms with Gasteiger partial charge in [-0.1, -0.05) is 34.8 Å². The average Bonchev–Trinajstić information content (AvgIpc) is 2.71. The third-order valence-corrected chi connectivity index (χ3v) is 5.93. The molecule has 0 saturated carbocycles. The fourth-order valence-corrected chi connectivity index (χ4v) is 4.25. The molecule has 2 aromatic carbocycles. The molecule has 0 aliphatic carbocycles. The summed E-state index contributed by atoms with van der Waals surface area (Å²) in [5.41, 5.74) is 5.90. The van der Waals surface area contributed by atoms with Crippen LogP contribution >= 0.6 is 34.8 Å². The van der Waals surface area contributed by atoms with Crippen LogP contribution in [0.1, 0.15) is 5.56 Å². The van der Waals surface area contributed by atoms with E-state index < -0.39 is 14.9 Å². The normalized spacial score (nSPS) is 11.9. The molecule has 31 heavy (non-hydrogen) atoms. The first-order valence-electron chi connectivity index (χ1n) is 8.20. The lowest BCUT2D eigenvalue weighted by molar-refractivity contribution is -0.384. The van der Waals surface area contributed by atoms with Crippen molar-refractivity contribution in [3.05, 3.63) is 85.6 Å². The summed E-state index contributed by atoms with van der Waals surface area (Å²) in [6.07, 6.45) is 2.88. The van der Waals surface area contributed by atoms with Crippen molar-refractivity contribution in [2.75, 3.05) is 0 Å². The number of nitro groups is 1. The van der Waals surface area contributed by atoms with Crippen LogP contribution < -0.4 is 10.5 Å². The molecule has 0 unspecified atom stereocenters. The number of ether oxygens (including phenoxy) is 1. The Balaban J connectivity index is 1.94. The molecular formula is C18H11Cl3N4O5S. The standard InChI is InChI=1S/C18H11Cl3N4O5S/c19-13-7-11(25(26)27)1-2-16(13)30-17-14(20)8-12(9-15(17)21)31(28,29)24-18(22)10-3-5-23-6-4-10/h1-9H,(H2,22,24). The minimum absolute atomic E-state index is 0.0339. The number of non-ortho nitro benzene ring substituents is 1. The van der Waals surface area contributed by atoms with E-state index in [9.17, 15) is 18.5 Å². The van der Waals surface area contributed by atoms with Crippen LogP contribution in [0.15, 0.2) is 64.2 Å². The fourth-order valence-electron chi connectivity index (χ4n) is 2.34. The van der Waals surface area contributed by atoms with Gasteiger partial charge in [0, 0.05) is 30.1 Å². The van der Waals surface area contributed by atoms with Crippen molar-refractivity contribution in [3.8, 4) is 11.5 Å². The third-order valence-electron chi connectivity index (χ3n) is 3.80. The Kier molecular flexibility index (Phi) is 6.65. The lowest BCUT2D eigenvalue weighted by atomic mass is 10.2. The van der Waals surface area contributed by atoms with Crippen LogP contribution in [0.4, 0.5) is 5.69 Å². The Labute approximate surface area is 191 Å². The van der Waals surface area contributed by atoms with Gasteiger partial charge in [-0.05, 0) is 30.3 Å². The Morgan fingerprint density at radius 1 is 1.03 bits per heavy atom. The second-order valence-corrected chi connectivity index (χ2v) is 8.70. The first-order chi connectivity index (χ1) is 14.6. The molecule has 0 radical (unpaired) electrons. The largest absolute Gasteiger partial charge is 0.453 e. The molecule has 0 fully saturated rings. The second-order valence-electron chi connectivity index (χ2n) is 5.88. The number of hydrogen-bond donors (Lipinski definition) is 1. The average molecular weight is 502 g/mol. The molecule has 0 saturated heterocycles. The molecule has 2 N–H and O–H groups in total. The van der Waals surface area contributed by atoms with E-state index in [-0.39, 0.29) is 43.0 Å². The predicted molar refractivity (Wildman–Crippen MR) is 117 cm³/mol. The van der Waals surface area contributed by atoms with Crippen LogP contribution in [0.3, 0.4) is 0 Å². The topological polar surface area (TPSA) is 138 Å². The minimum Gasteiger partial charge on any atom is -0.453 e. The Hall–Kier alpha value is -2.92. The maximum Gasteiger partial charge on any atom is 0.284 e. The number of rotatable bonds is 6. The van der Waals surface area contributed by atoms with Crippen molar-refractivity contribution in [1.29, 1.82) is 0 Å². The van der Waals surface area contributed by atoms with Gasteiger partial charge in [0.25, 0.3) is 15.7 Å². The van der Waals surface area contributed by atoms with Crippen LogP contribution in [0.5, 0.6) is 11.5 Å². The number of aromatic nitrogens is 1. The lowest BCUT2D eigenvalue weighted by Crippen LogP contribution is -2.16. The van der Waals surface area contributed by atoms with Gasteiger partial charge in [-0.3, -0.25) is 15.1 Å². The summed E-state index contributed by atoms with van der Waals surface area (Å²) < 4.78 is 34.4. The minimum atomic E-state index is -4.25. The number of sulfonamides is 1. The highest BCUT2D eigenvalue weighted by Gasteiger charge is 2.21. The van der Waals surface area contributed by atoms with E-state index in [0.717, 1.165) is 18.2 Å². The molecule has 0 amide bonds. The number of hydrogen-bond acceptors (Lipinski definition) is 6. The van der Waals surface area contributed by atoms with Crippen LogP contribution in [0.2, 0.25) is 15.1 Å². The second kappa shape index (κ2) is 9.06. The number of nitrogens with zero attached hydrogens (tertiary/aromatic N) is 3. The number of halogens is 3. The monoisotopic (exact) mass is 500 g/mol. The highest BCUT2D eigenvalue weighted by atomic mass is 35.5. The zero-order valence-corrected chi connectivity index (χ0v) is 18.3. The summed E-state index contributed by atoms with van der Waals surface area (Å²) >= 11 is 18.3. The van der Waals surface area contributed by atoms with Crippen LogP contribution in [-0.2, 0) is 10.0 Å². The van der Waals surface area contributed by atoms with Crippen molar-refractivity contribution in [2.45, 2.75) is 4.90 Å². The van der Waals surface area contributed by atoms with Gasteiger partial charge in [-0.15, -0.1) is 4.40 Å². The summed E-state index contributed by atoms with van der Waals surface area (Å²) in [6.45, 7) is 0. The molecule has 0 atom stereocenters. The van der Waals surface area contributed by atoms with Crippen molar-refractivity contribution in [3.63, 3.8) is 0 Å². The summed E-state index contributed by atoms with van der Waals surface area (Å²) in [6, 6.07) is 8.70. The van der Waals surface area contributed by atoms with Crippen LogP contribution in [0.25, 0.3) is 0 Å². The van der Waals surface area contributed by atoms with E-state index in [1.165, 1.54) is 36.7 Å². The molecular weight excluding hydrogens is 491 g/mol. The molecule has 9 nitrogen and oxygen atoms in total. The third kappa shape index (κ3) is 5.23. The molecule has 3 aromatic rings. The molecule has 160 valence electrons. The summed E-state index contributed by atoms with van der Waals surface area (Å²) in [4.78, 5) is 13.7. The van der Waals surface area contributed by atoms with Crippen molar-refractivity contribution in [1.82, 2.24) is 4.98 Å². The van der Waals surface area contributed by atoms with E-state index in [2.05, 4.69) is 9.38 Å². The first kappa shape index (κ1) is 22.8. The fraction of sp³-hybridized carbons (Fsp3) is 0. The maximum atomic E-state index is 12.6. The highest BCUT2D eigenvalue weighted by Crippen LogP contribution is 2.41. The molecule has 0 aliphatic heterocycles. The maximum absolute atomic E-state index is 12.6. The van der Waals surface area contributed by atoms with Crippen LogP contribution in [0, 0.1) is 10.1 Å². The SMILES string of the molecule is NC(=NS(=O)(=O)c1cc(Cl)c(Oc2ccc([N+](=O)[O-])cc2Cl)c(Cl)c1)c1ccncc1. The molecule has 13 heteroatoms. The zero-order valence-electron chi connectivity index (χ0n) is 15.2. The highest BCUT2D eigenvalue weighted by molar-refractivity contribution is 7.90. The number of nitrogens with two attached hydrogens (primary N) is 1. The lowest BCUT2D eigenvalue weighted by Gasteiger charge is -2.12. The molecule has 1 heterocycles. The van der Waals surface area contributed by atoms with Crippen molar-refractivity contribution in [2.24, 2.45) is 10.1 Å². The van der Waals surface area contributed by atoms with Gasteiger partial charge in [0.2, 0.25) is 0 Å². The predicted octanol–water partition coefficient (Wildman–Crippen LogP) is 4.84. The molecule has 0 spiro atoms. The smallest absolute Gasteiger partial charge is 0.284 e. The van der Waals surface area contributed by atoms with Gasteiger partial charge in [0.1, 0.15) is 11.6 Å². The number of nitro benzene ring substituents is 1. The van der Waals surface area contributed by atoms with Gasteiger partial charge < -0.3 is 10.5 Å².